The number of hydrogen-bond donors (Lipinski definition) is 2. The Morgan fingerprint density at radius 2 is 1.89 bits per heavy atom. The second-order valence-corrected chi connectivity index (χ2v) is 4.27. The molecule has 0 bridgehead atoms. The van der Waals surface area contributed by atoms with E-state index in [1.165, 1.54) is 17.7 Å². The van der Waals surface area contributed by atoms with Crippen molar-refractivity contribution in [3.05, 3.63) is 30.7 Å². The summed E-state index contributed by atoms with van der Waals surface area (Å²) in [6.07, 6.45) is 2.82. The summed E-state index contributed by atoms with van der Waals surface area (Å²) in [5, 5.41) is 3.27. The molecule has 0 spiro atoms. The SMILES string of the molecule is C=C.CC.C[C@@H]1C[C@H](C)c2ncnc(NCCN)c21. The second kappa shape index (κ2) is 9.50. The molecule has 0 aliphatic heterocycles. The third-order valence-electron chi connectivity index (χ3n) is 3.02. The molecule has 1 aliphatic carbocycles. The number of nitrogens with two attached hydrogens (primary N) is 1. The van der Waals surface area contributed by atoms with Gasteiger partial charge < -0.3 is 11.1 Å². The van der Waals surface area contributed by atoms with Gasteiger partial charge in [-0.3, -0.25) is 0 Å². The molecule has 0 fully saturated rings. The van der Waals surface area contributed by atoms with E-state index in [1.54, 1.807) is 6.33 Å². The lowest BCUT2D eigenvalue weighted by Crippen LogP contribution is -2.15. The second-order valence-electron chi connectivity index (χ2n) is 4.27. The molecule has 2 atom stereocenters. The lowest BCUT2D eigenvalue weighted by atomic mass is 10.1. The summed E-state index contributed by atoms with van der Waals surface area (Å²) in [7, 11) is 0. The van der Waals surface area contributed by atoms with Gasteiger partial charge in [0.05, 0.1) is 5.69 Å². The van der Waals surface area contributed by atoms with E-state index in [0.29, 0.717) is 18.4 Å². The first-order valence-corrected chi connectivity index (χ1v) is 7.02. The van der Waals surface area contributed by atoms with Gasteiger partial charge in [0.1, 0.15) is 12.1 Å². The molecule has 0 saturated heterocycles. The zero-order chi connectivity index (χ0) is 14.8. The van der Waals surface area contributed by atoms with E-state index in [4.69, 9.17) is 5.73 Å². The van der Waals surface area contributed by atoms with Crippen LogP contribution in [0.4, 0.5) is 5.82 Å². The maximum absolute atomic E-state index is 5.48. The van der Waals surface area contributed by atoms with Crippen molar-refractivity contribution in [2.75, 3.05) is 18.4 Å². The number of hydrogen-bond acceptors (Lipinski definition) is 4. The van der Waals surface area contributed by atoms with Gasteiger partial charge in [0.2, 0.25) is 0 Å². The Hall–Kier alpha value is -1.42. The predicted octanol–water partition coefficient (Wildman–Crippen LogP) is 3.29. The van der Waals surface area contributed by atoms with Crippen molar-refractivity contribution in [3.8, 4) is 0 Å². The molecule has 4 heteroatoms. The average Bonchev–Trinajstić information content (AvgIpc) is 2.77. The zero-order valence-corrected chi connectivity index (χ0v) is 12.7. The van der Waals surface area contributed by atoms with E-state index in [9.17, 15) is 0 Å². The van der Waals surface area contributed by atoms with Crippen LogP contribution < -0.4 is 11.1 Å². The summed E-state index contributed by atoms with van der Waals surface area (Å²) in [6, 6.07) is 0. The van der Waals surface area contributed by atoms with Crippen LogP contribution in [0.15, 0.2) is 19.5 Å². The maximum atomic E-state index is 5.48. The quantitative estimate of drug-likeness (QED) is 0.822. The van der Waals surface area contributed by atoms with Crippen LogP contribution in [0.25, 0.3) is 0 Å². The Balaban J connectivity index is 0.000000741. The van der Waals surface area contributed by atoms with Crippen LogP contribution in [0.2, 0.25) is 0 Å². The molecule has 1 aromatic heterocycles. The molecule has 1 aromatic rings. The normalized spacial score (nSPS) is 19.4. The van der Waals surface area contributed by atoms with Crippen LogP contribution in [0, 0.1) is 0 Å². The Morgan fingerprint density at radius 1 is 1.26 bits per heavy atom. The fourth-order valence-electron chi connectivity index (χ4n) is 2.38. The number of nitrogens with zero attached hydrogens (tertiary/aromatic N) is 2. The summed E-state index contributed by atoms with van der Waals surface area (Å²) < 4.78 is 0. The van der Waals surface area contributed by atoms with Gasteiger partial charge in [-0.15, -0.1) is 13.2 Å². The number of aromatic nitrogens is 2. The Morgan fingerprint density at radius 3 is 2.47 bits per heavy atom. The van der Waals surface area contributed by atoms with Gasteiger partial charge in [-0.05, 0) is 18.3 Å². The molecule has 0 unspecified atom stereocenters. The lowest BCUT2D eigenvalue weighted by molar-refractivity contribution is 0.655. The van der Waals surface area contributed by atoms with E-state index in [1.807, 2.05) is 13.8 Å². The maximum Gasteiger partial charge on any atom is 0.133 e. The molecular weight excluding hydrogens is 236 g/mol. The highest BCUT2D eigenvalue weighted by atomic mass is 15.0. The predicted molar refractivity (Wildman–Crippen MR) is 83.6 cm³/mol. The van der Waals surface area contributed by atoms with Gasteiger partial charge in [0, 0.05) is 18.7 Å². The summed E-state index contributed by atoms with van der Waals surface area (Å²) in [6.45, 7) is 15.9. The van der Waals surface area contributed by atoms with Crippen LogP contribution in [0.1, 0.15) is 57.2 Å². The minimum atomic E-state index is 0.552. The van der Waals surface area contributed by atoms with Gasteiger partial charge in [-0.25, -0.2) is 9.97 Å². The van der Waals surface area contributed by atoms with Crippen molar-refractivity contribution < 1.29 is 0 Å². The van der Waals surface area contributed by atoms with Crippen LogP contribution >= 0.6 is 0 Å². The molecule has 1 heterocycles. The van der Waals surface area contributed by atoms with Crippen molar-refractivity contribution in [1.82, 2.24) is 9.97 Å². The van der Waals surface area contributed by atoms with E-state index in [-0.39, 0.29) is 0 Å². The van der Waals surface area contributed by atoms with E-state index < -0.39 is 0 Å². The van der Waals surface area contributed by atoms with Crippen molar-refractivity contribution >= 4 is 5.82 Å². The highest BCUT2D eigenvalue weighted by Gasteiger charge is 2.29. The molecule has 0 radical (unpaired) electrons. The first-order valence-electron chi connectivity index (χ1n) is 7.02. The Bertz CT molecular complexity index is 365. The third kappa shape index (κ3) is 4.31. The molecule has 19 heavy (non-hydrogen) atoms. The largest absolute Gasteiger partial charge is 0.368 e. The molecule has 0 saturated carbocycles. The molecular formula is C15H28N4. The first-order chi connectivity index (χ1) is 9.24. The van der Waals surface area contributed by atoms with Crippen LogP contribution in [0.5, 0.6) is 0 Å². The van der Waals surface area contributed by atoms with Gasteiger partial charge in [-0.1, -0.05) is 27.7 Å². The molecule has 0 amide bonds. The number of nitrogens with one attached hydrogen (secondary N) is 1. The van der Waals surface area contributed by atoms with Gasteiger partial charge in [-0.2, -0.15) is 0 Å². The minimum Gasteiger partial charge on any atom is -0.368 e. The lowest BCUT2D eigenvalue weighted by Gasteiger charge is -2.11. The van der Waals surface area contributed by atoms with Crippen molar-refractivity contribution in [2.24, 2.45) is 5.73 Å². The van der Waals surface area contributed by atoms with Gasteiger partial charge >= 0.3 is 0 Å². The third-order valence-corrected chi connectivity index (χ3v) is 3.02. The van der Waals surface area contributed by atoms with Crippen molar-refractivity contribution in [1.29, 1.82) is 0 Å². The molecule has 3 N–H and O–H groups in total. The van der Waals surface area contributed by atoms with Crippen LogP contribution in [-0.2, 0) is 0 Å². The minimum absolute atomic E-state index is 0.552. The number of anilines is 1. The zero-order valence-electron chi connectivity index (χ0n) is 12.7. The molecule has 0 aromatic carbocycles. The average molecular weight is 264 g/mol. The van der Waals surface area contributed by atoms with E-state index in [2.05, 4.69) is 42.3 Å². The fourth-order valence-corrected chi connectivity index (χ4v) is 2.38. The van der Waals surface area contributed by atoms with E-state index in [0.717, 1.165) is 12.4 Å². The number of rotatable bonds is 3. The molecule has 108 valence electrons. The highest BCUT2D eigenvalue weighted by molar-refractivity contribution is 5.51. The van der Waals surface area contributed by atoms with Crippen molar-refractivity contribution in [2.45, 2.75) is 46.0 Å². The van der Waals surface area contributed by atoms with Gasteiger partial charge in [0.15, 0.2) is 0 Å². The van der Waals surface area contributed by atoms with Crippen LogP contribution in [-0.4, -0.2) is 23.1 Å². The van der Waals surface area contributed by atoms with E-state index >= 15 is 0 Å². The monoisotopic (exact) mass is 264 g/mol. The molecule has 4 nitrogen and oxygen atoms in total. The van der Waals surface area contributed by atoms with Gasteiger partial charge in [0.25, 0.3) is 0 Å². The Kier molecular flexibility index (Phi) is 8.79. The Labute approximate surface area is 117 Å². The first kappa shape index (κ1) is 17.6. The van der Waals surface area contributed by atoms with Crippen molar-refractivity contribution in [3.63, 3.8) is 0 Å². The molecule has 2 rings (SSSR count). The number of fused-ring (bicyclic) bond motifs is 1. The highest BCUT2D eigenvalue weighted by Crippen LogP contribution is 2.42. The summed E-state index contributed by atoms with van der Waals surface area (Å²) in [5.41, 5.74) is 7.97. The fraction of sp³-hybridized carbons (Fsp3) is 0.600. The molecule has 1 aliphatic rings. The van der Waals surface area contributed by atoms with Crippen LogP contribution in [0.3, 0.4) is 0 Å². The standard InChI is InChI=1S/C11H18N4.C2H6.C2H4/c1-7-5-8(2)10-9(7)11(13-4-3-12)15-6-14-10;2*1-2/h6-8H,3-5,12H2,1-2H3,(H,13,14,15);1-2H3;1-2H2/t7-,8+;;/m1../s1. The summed E-state index contributed by atoms with van der Waals surface area (Å²) in [4.78, 5) is 8.67. The summed E-state index contributed by atoms with van der Waals surface area (Å²) in [5.74, 6) is 2.08. The summed E-state index contributed by atoms with van der Waals surface area (Å²) >= 11 is 0. The topological polar surface area (TPSA) is 63.8 Å². The smallest absolute Gasteiger partial charge is 0.133 e.